The number of aromatic nitrogens is 4. The van der Waals surface area contributed by atoms with E-state index in [9.17, 15) is 9.50 Å². The summed E-state index contributed by atoms with van der Waals surface area (Å²) >= 11 is 0. The molecule has 2 fully saturated rings. The molecule has 2 aliphatic rings. The van der Waals surface area contributed by atoms with Crippen LogP contribution in [0, 0.1) is 5.82 Å². The Morgan fingerprint density at radius 3 is 2.62 bits per heavy atom. The molecule has 2 saturated heterocycles. The average molecular weight is 440 g/mol. The molecule has 2 aliphatic heterocycles. The first-order chi connectivity index (χ1) is 15.2. The van der Waals surface area contributed by atoms with E-state index in [0.29, 0.717) is 23.5 Å². The zero-order valence-electron chi connectivity index (χ0n) is 18.2. The summed E-state index contributed by atoms with van der Waals surface area (Å²) in [4.78, 5) is 10.7. The number of aromatic hydroxyl groups is 1. The maximum absolute atomic E-state index is 15.4. The van der Waals surface area contributed by atoms with Gasteiger partial charge in [0.05, 0.1) is 30.3 Å². The fraction of sp³-hybridized carbons (Fsp3) is 0.435. The molecule has 7 nitrogen and oxygen atoms in total. The maximum Gasteiger partial charge on any atom is 0.147 e. The lowest BCUT2D eigenvalue weighted by Crippen LogP contribution is -2.65. The number of aromatic amines is 1. The van der Waals surface area contributed by atoms with E-state index in [1.165, 1.54) is 30.7 Å². The van der Waals surface area contributed by atoms with Crippen LogP contribution in [0.2, 0.25) is 0 Å². The SMILES string of the molecule is CN(c1cnc(-c2cc(F)c(-c3cn[nH]c3)cc2O)cn1)[C@@H]1C[C@@]2(C)CC[C@](C)(N2)[C@@H]1F. The van der Waals surface area contributed by atoms with Gasteiger partial charge in [-0.05, 0) is 45.2 Å². The molecule has 0 radical (unpaired) electrons. The highest BCUT2D eigenvalue weighted by atomic mass is 19.1. The number of hydrogen-bond acceptors (Lipinski definition) is 6. The summed E-state index contributed by atoms with van der Waals surface area (Å²) in [6.45, 7) is 4.09. The smallest absolute Gasteiger partial charge is 0.147 e. The third kappa shape index (κ3) is 3.31. The normalized spacial score (nSPS) is 29.3. The third-order valence-electron chi connectivity index (χ3n) is 7.06. The summed E-state index contributed by atoms with van der Waals surface area (Å²) in [5.74, 6) is -0.0865. The Balaban J connectivity index is 1.41. The molecule has 0 spiro atoms. The molecule has 3 N–H and O–H groups in total. The van der Waals surface area contributed by atoms with Gasteiger partial charge in [-0.25, -0.2) is 13.8 Å². The molecule has 2 aromatic heterocycles. The number of rotatable bonds is 4. The van der Waals surface area contributed by atoms with Crippen LogP contribution < -0.4 is 10.2 Å². The number of nitrogens with one attached hydrogen (secondary N) is 2. The van der Waals surface area contributed by atoms with Crippen LogP contribution in [0.4, 0.5) is 14.6 Å². The summed E-state index contributed by atoms with van der Waals surface area (Å²) in [6, 6.07) is 2.25. The van der Waals surface area contributed by atoms with Gasteiger partial charge in [0.1, 0.15) is 23.6 Å². The van der Waals surface area contributed by atoms with E-state index in [-0.39, 0.29) is 28.5 Å². The minimum atomic E-state index is -1.04. The number of benzene rings is 1. The van der Waals surface area contributed by atoms with Gasteiger partial charge in [0, 0.05) is 41.0 Å². The molecule has 2 bridgehead atoms. The summed E-state index contributed by atoms with van der Waals surface area (Å²) in [5, 5.41) is 20.4. The fourth-order valence-corrected chi connectivity index (χ4v) is 5.23. The van der Waals surface area contributed by atoms with Gasteiger partial charge < -0.3 is 15.3 Å². The van der Waals surface area contributed by atoms with Crippen LogP contribution in [0.15, 0.2) is 36.9 Å². The number of anilines is 1. The third-order valence-corrected chi connectivity index (χ3v) is 7.06. The molecule has 0 unspecified atom stereocenters. The van der Waals surface area contributed by atoms with Gasteiger partial charge in [0.2, 0.25) is 0 Å². The highest BCUT2D eigenvalue weighted by Crippen LogP contribution is 2.45. The van der Waals surface area contributed by atoms with Crippen LogP contribution in [0.5, 0.6) is 5.75 Å². The topological polar surface area (TPSA) is 90.0 Å². The van der Waals surface area contributed by atoms with Crippen molar-refractivity contribution in [2.75, 3.05) is 11.9 Å². The zero-order valence-corrected chi connectivity index (χ0v) is 18.2. The second-order valence-electron chi connectivity index (χ2n) is 9.48. The Hall–Kier alpha value is -3.07. The minimum absolute atomic E-state index is 0.0936. The highest BCUT2D eigenvalue weighted by Gasteiger charge is 2.56. The first kappa shape index (κ1) is 20.8. The van der Waals surface area contributed by atoms with Gasteiger partial charge in [-0.1, -0.05) is 0 Å². The molecule has 5 rings (SSSR count). The second kappa shape index (κ2) is 7.23. The van der Waals surface area contributed by atoms with Crippen molar-refractivity contribution >= 4 is 5.82 Å². The largest absolute Gasteiger partial charge is 0.507 e. The number of alkyl halides is 1. The van der Waals surface area contributed by atoms with E-state index in [1.807, 2.05) is 18.9 Å². The summed E-state index contributed by atoms with van der Waals surface area (Å²) in [7, 11) is 1.83. The van der Waals surface area contributed by atoms with Gasteiger partial charge in [-0.15, -0.1) is 0 Å². The summed E-state index contributed by atoms with van der Waals surface area (Å²) in [6.07, 6.45) is 7.42. The van der Waals surface area contributed by atoms with Crippen molar-refractivity contribution in [3.63, 3.8) is 0 Å². The molecule has 0 saturated carbocycles. The van der Waals surface area contributed by atoms with E-state index < -0.39 is 17.5 Å². The van der Waals surface area contributed by atoms with Crippen molar-refractivity contribution in [3.05, 3.63) is 42.7 Å². The van der Waals surface area contributed by atoms with E-state index in [0.717, 1.165) is 12.8 Å². The Labute approximate surface area is 184 Å². The number of halogens is 2. The van der Waals surface area contributed by atoms with Gasteiger partial charge >= 0.3 is 0 Å². The quantitative estimate of drug-likeness (QED) is 0.571. The molecule has 4 heterocycles. The van der Waals surface area contributed by atoms with E-state index in [4.69, 9.17) is 0 Å². The molecule has 4 atom stereocenters. The first-order valence-electron chi connectivity index (χ1n) is 10.7. The molecule has 9 heteroatoms. The van der Waals surface area contributed by atoms with Gasteiger partial charge in [-0.2, -0.15) is 5.10 Å². The van der Waals surface area contributed by atoms with E-state index in [2.05, 4.69) is 32.4 Å². The lowest BCUT2D eigenvalue weighted by molar-refractivity contribution is 0.0859. The number of phenols is 1. The van der Waals surface area contributed by atoms with Crippen molar-refractivity contribution in [3.8, 4) is 28.1 Å². The minimum Gasteiger partial charge on any atom is -0.507 e. The molecule has 1 aromatic carbocycles. The highest BCUT2D eigenvalue weighted by molar-refractivity contribution is 5.74. The fourth-order valence-electron chi connectivity index (χ4n) is 5.23. The second-order valence-corrected chi connectivity index (χ2v) is 9.48. The molecule has 168 valence electrons. The van der Waals surface area contributed by atoms with Crippen LogP contribution in [0.1, 0.15) is 33.1 Å². The van der Waals surface area contributed by atoms with Crippen molar-refractivity contribution in [2.24, 2.45) is 0 Å². The van der Waals surface area contributed by atoms with Crippen molar-refractivity contribution in [1.82, 2.24) is 25.5 Å². The zero-order chi connectivity index (χ0) is 22.7. The maximum atomic E-state index is 15.4. The monoisotopic (exact) mass is 440 g/mol. The molecule has 3 aromatic rings. The molecular formula is C23H26F2N6O. The Kier molecular flexibility index (Phi) is 4.70. The average Bonchev–Trinajstić information content (AvgIpc) is 3.39. The molecular weight excluding hydrogens is 414 g/mol. The number of H-pyrrole nitrogens is 1. The standard InChI is InChI=1S/C23H26F2N6O/c1-22-4-5-23(2,30-22)21(25)18(8-22)31(3)20-12-26-17(11-27-20)15-6-16(24)14(7-19(15)32)13-9-28-29-10-13/h6-7,9-12,18,21,30,32H,4-5,8H2,1-3H3,(H,28,29)/t18-,21-,22-,23+/m1/s1. The van der Waals surface area contributed by atoms with Gasteiger partial charge in [-0.3, -0.25) is 10.1 Å². The van der Waals surface area contributed by atoms with Crippen molar-refractivity contribution in [1.29, 1.82) is 0 Å². The molecule has 0 amide bonds. The Morgan fingerprint density at radius 2 is 1.94 bits per heavy atom. The number of nitrogens with zero attached hydrogens (tertiary/aromatic N) is 4. The van der Waals surface area contributed by atoms with Crippen LogP contribution in [-0.2, 0) is 0 Å². The van der Waals surface area contributed by atoms with Crippen LogP contribution in [0.25, 0.3) is 22.4 Å². The Bertz CT molecular complexity index is 1140. The predicted molar refractivity (Wildman–Crippen MR) is 118 cm³/mol. The lowest BCUT2D eigenvalue weighted by Gasteiger charge is -2.47. The predicted octanol–water partition coefficient (Wildman–Crippen LogP) is 3.83. The summed E-state index contributed by atoms with van der Waals surface area (Å²) < 4.78 is 30.1. The van der Waals surface area contributed by atoms with Crippen molar-refractivity contribution < 1.29 is 13.9 Å². The van der Waals surface area contributed by atoms with Gasteiger partial charge in [0.25, 0.3) is 0 Å². The number of hydrogen-bond donors (Lipinski definition) is 3. The first-order valence-corrected chi connectivity index (χ1v) is 10.7. The van der Waals surface area contributed by atoms with E-state index in [1.54, 1.807) is 6.20 Å². The number of piperidine rings is 1. The summed E-state index contributed by atoms with van der Waals surface area (Å²) in [5.41, 5.74) is 0.703. The molecule has 0 aliphatic carbocycles. The van der Waals surface area contributed by atoms with Crippen LogP contribution in [-0.4, -0.2) is 55.6 Å². The molecule has 32 heavy (non-hydrogen) atoms. The lowest BCUT2D eigenvalue weighted by atomic mass is 9.82. The number of phenolic OH excluding ortho intramolecular Hbond substituents is 1. The van der Waals surface area contributed by atoms with Crippen LogP contribution in [0.3, 0.4) is 0 Å². The van der Waals surface area contributed by atoms with E-state index >= 15 is 4.39 Å². The van der Waals surface area contributed by atoms with Crippen LogP contribution >= 0.6 is 0 Å². The Morgan fingerprint density at radius 1 is 1.12 bits per heavy atom. The van der Waals surface area contributed by atoms with Gasteiger partial charge in [0.15, 0.2) is 0 Å². The van der Waals surface area contributed by atoms with Crippen molar-refractivity contribution in [2.45, 2.75) is 56.4 Å². The number of fused-ring (bicyclic) bond motifs is 2.